The molecule has 0 atom stereocenters. The number of anilines is 2. The van der Waals surface area contributed by atoms with Gasteiger partial charge in [-0.1, -0.05) is 18.2 Å². The number of carbonyl (C=O) groups is 1. The second kappa shape index (κ2) is 10.5. The Labute approximate surface area is 211 Å². The van der Waals surface area contributed by atoms with Crippen LogP contribution in [0.15, 0.2) is 60.8 Å². The number of benzene rings is 1. The number of aromatic nitrogens is 3. The van der Waals surface area contributed by atoms with Crippen molar-refractivity contribution >= 4 is 28.3 Å². The number of amides is 1. The highest BCUT2D eigenvalue weighted by Gasteiger charge is 2.28. The molecule has 5 rings (SSSR count). The highest BCUT2D eigenvalue weighted by molar-refractivity contribution is 5.93. The number of likely N-dealkylation sites (N-methyl/N-ethyl adjacent to an activating group) is 1. The molecule has 188 valence electrons. The molecule has 0 radical (unpaired) electrons. The van der Waals surface area contributed by atoms with Crippen LogP contribution < -0.4 is 21.5 Å². The fourth-order valence-corrected chi connectivity index (χ4v) is 4.91. The molecule has 0 spiro atoms. The minimum absolute atomic E-state index is 0.116. The summed E-state index contributed by atoms with van der Waals surface area (Å²) in [6.07, 6.45) is 6.63. The molecule has 1 amide bonds. The predicted octanol–water partition coefficient (Wildman–Crippen LogP) is 1.66. The number of nitrogens with two attached hydrogens (primary N) is 2. The highest BCUT2D eigenvalue weighted by Crippen LogP contribution is 2.31. The van der Waals surface area contributed by atoms with Gasteiger partial charge in [-0.15, -0.1) is 0 Å². The molecule has 10 nitrogen and oxygen atoms in total. The number of hydrogen-bond acceptors (Lipinski definition) is 9. The molecular weight excluding hydrogens is 454 g/mol. The zero-order chi connectivity index (χ0) is 25.1. The molecule has 4 heterocycles. The number of nitrogens with zero attached hydrogens (tertiary/aromatic N) is 7. The van der Waals surface area contributed by atoms with Gasteiger partial charge in [0.25, 0.3) is 5.91 Å². The minimum Gasteiger partial charge on any atom is -0.393 e. The molecule has 2 aliphatic heterocycles. The summed E-state index contributed by atoms with van der Waals surface area (Å²) in [6.45, 7) is 5.24. The van der Waals surface area contributed by atoms with E-state index >= 15 is 0 Å². The summed E-state index contributed by atoms with van der Waals surface area (Å²) in [7, 11) is 2.15. The molecule has 0 aliphatic carbocycles. The van der Waals surface area contributed by atoms with Crippen LogP contribution in [0.1, 0.15) is 24.5 Å². The van der Waals surface area contributed by atoms with Crippen molar-refractivity contribution in [2.75, 3.05) is 56.2 Å². The topological polar surface area (TPSA) is 121 Å². The molecule has 4 N–H and O–H groups in total. The van der Waals surface area contributed by atoms with Gasteiger partial charge in [0.05, 0.1) is 28.8 Å². The highest BCUT2D eigenvalue weighted by atomic mass is 16.2. The number of carbonyl (C=O) groups excluding carboxylic acids is 1. The Bertz CT molecular complexity index is 1230. The Morgan fingerprint density at radius 1 is 1.03 bits per heavy atom. The van der Waals surface area contributed by atoms with Gasteiger partial charge in [0.15, 0.2) is 0 Å². The van der Waals surface area contributed by atoms with Crippen LogP contribution in [0.5, 0.6) is 0 Å². The van der Waals surface area contributed by atoms with E-state index in [0.29, 0.717) is 13.1 Å². The summed E-state index contributed by atoms with van der Waals surface area (Å²) < 4.78 is 0. The molecule has 2 saturated heterocycles. The van der Waals surface area contributed by atoms with Crippen molar-refractivity contribution in [2.45, 2.75) is 18.8 Å². The van der Waals surface area contributed by atoms with E-state index in [1.54, 1.807) is 11.2 Å². The number of likely N-dealkylation sites (tertiary alicyclic amines) is 1. The fourth-order valence-electron chi connectivity index (χ4n) is 4.91. The standard InChI is InChI=1S/C26H33N9O/c1-32-11-13-33(14-12-32)21-15-23-25(29-16-21)24(31-18-30-23)19-7-9-34(10-8-19)26(36)22(27)17-35(28)20-5-3-2-4-6-20/h2-6,15-19H,7-14,27-28H2,1H3/b22-17-. The van der Waals surface area contributed by atoms with E-state index in [9.17, 15) is 4.79 Å². The van der Waals surface area contributed by atoms with Crippen molar-refractivity contribution in [3.8, 4) is 0 Å². The van der Waals surface area contributed by atoms with Crippen LogP contribution in [0, 0.1) is 0 Å². The number of para-hydroxylation sites is 1. The zero-order valence-electron chi connectivity index (χ0n) is 20.6. The molecule has 10 heteroatoms. The number of pyridine rings is 1. The summed E-state index contributed by atoms with van der Waals surface area (Å²) in [6, 6.07) is 11.5. The summed E-state index contributed by atoms with van der Waals surface area (Å²) in [5.41, 5.74) is 10.7. The monoisotopic (exact) mass is 487 g/mol. The van der Waals surface area contributed by atoms with Crippen LogP contribution in [0.4, 0.5) is 11.4 Å². The number of fused-ring (bicyclic) bond motifs is 1. The van der Waals surface area contributed by atoms with Crippen molar-refractivity contribution in [3.63, 3.8) is 0 Å². The number of hydrogen-bond donors (Lipinski definition) is 2. The smallest absolute Gasteiger partial charge is 0.271 e. The van der Waals surface area contributed by atoms with Crippen LogP contribution >= 0.6 is 0 Å². The molecule has 0 bridgehead atoms. The first-order valence-electron chi connectivity index (χ1n) is 12.4. The normalized spacial score (nSPS) is 18.0. The van der Waals surface area contributed by atoms with Gasteiger partial charge in [0.1, 0.15) is 17.5 Å². The van der Waals surface area contributed by atoms with Crippen molar-refractivity contribution in [2.24, 2.45) is 11.6 Å². The lowest BCUT2D eigenvalue weighted by Crippen LogP contribution is -2.44. The molecular formula is C26H33N9O. The molecule has 1 aromatic carbocycles. The van der Waals surface area contributed by atoms with Crippen LogP contribution in [-0.4, -0.2) is 77.0 Å². The number of piperidine rings is 1. The predicted molar refractivity (Wildman–Crippen MR) is 141 cm³/mol. The van der Waals surface area contributed by atoms with Crippen molar-refractivity contribution in [3.05, 3.63) is 66.5 Å². The molecule has 2 aliphatic rings. The van der Waals surface area contributed by atoms with Crippen molar-refractivity contribution < 1.29 is 4.79 Å². The Morgan fingerprint density at radius 3 is 2.47 bits per heavy atom. The van der Waals surface area contributed by atoms with E-state index in [4.69, 9.17) is 16.6 Å². The van der Waals surface area contributed by atoms with E-state index < -0.39 is 0 Å². The summed E-state index contributed by atoms with van der Waals surface area (Å²) in [5.74, 6) is 6.06. The first kappa shape index (κ1) is 24.0. The number of hydrazine groups is 1. The maximum atomic E-state index is 12.9. The molecule has 0 unspecified atom stereocenters. The molecule has 0 saturated carbocycles. The second-order valence-corrected chi connectivity index (χ2v) is 9.50. The van der Waals surface area contributed by atoms with Crippen LogP contribution in [0.25, 0.3) is 11.0 Å². The van der Waals surface area contributed by atoms with E-state index in [2.05, 4.69) is 32.9 Å². The maximum absolute atomic E-state index is 12.9. The third-order valence-electron chi connectivity index (χ3n) is 7.11. The van der Waals surface area contributed by atoms with Crippen LogP contribution in [0.3, 0.4) is 0 Å². The van der Waals surface area contributed by atoms with E-state index in [1.807, 2.05) is 36.5 Å². The molecule has 36 heavy (non-hydrogen) atoms. The average Bonchev–Trinajstić information content (AvgIpc) is 2.93. The third-order valence-corrected chi connectivity index (χ3v) is 7.11. The van der Waals surface area contributed by atoms with E-state index in [0.717, 1.165) is 67.1 Å². The maximum Gasteiger partial charge on any atom is 0.271 e. The lowest BCUT2D eigenvalue weighted by Gasteiger charge is -2.34. The van der Waals surface area contributed by atoms with E-state index in [1.165, 1.54) is 11.2 Å². The molecule has 3 aromatic rings. The lowest BCUT2D eigenvalue weighted by molar-refractivity contribution is -0.128. The van der Waals surface area contributed by atoms with E-state index in [-0.39, 0.29) is 17.5 Å². The van der Waals surface area contributed by atoms with Gasteiger partial charge in [-0.3, -0.25) is 14.8 Å². The van der Waals surface area contributed by atoms with Crippen LogP contribution in [0.2, 0.25) is 0 Å². The zero-order valence-corrected chi connectivity index (χ0v) is 20.6. The number of rotatable bonds is 5. The van der Waals surface area contributed by atoms with Gasteiger partial charge < -0.3 is 20.4 Å². The summed E-state index contributed by atoms with van der Waals surface area (Å²) >= 11 is 0. The Balaban J connectivity index is 1.25. The lowest BCUT2D eigenvalue weighted by atomic mass is 9.92. The number of piperazine rings is 1. The Kier molecular flexibility index (Phi) is 6.97. The van der Waals surface area contributed by atoms with Gasteiger partial charge in [0.2, 0.25) is 0 Å². The Hall–Kier alpha value is -3.76. The quantitative estimate of drug-likeness (QED) is 0.314. The van der Waals surface area contributed by atoms with Gasteiger partial charge in [-0.05, 0) is 38.1 Å². The molecule has 2 fully saturated rings. The average molecular weight is 488 g/mol. The largest absolute Gasteiger partial charge is 0.393 e. The minimum atomic E-state index is -0.206. The fraction of sp³-hybridized carbons (Fsp3) is 0.385. The third kappa shape index (κ3) is 5.09. The first-order chi connectivity index (χ1) is 17.5. The first-order valence-corrected chi connectivity index (χ1v) is 12.4. The van der Waals surface area contributed by atoms with Gasteiger partial charge in [-0.2, -0.15) is 0 Å². The Morgan fingerprint density at radius 2 is 1.75 bits per heavy atom. The van der Waals surface area contributed by atoms with Gasteiger partial charge in [0, 0.05) is 51.4 Å². The summed E-state index contributed by atoms with van der Waals surface area (Å²) in [4.78, 5) is 33.3. The van der Waals surface area contributed by atoms with Crippen molar-refractivity contribution in [1.29, 1.82) is 0 Å². The summed E-state index contributed by atoms with van der Waals surface area (Å²) in [5, 5.41) is 1.37. The van der Waals surface area contributed by atoms with Gasteiger partial charge >= 0.3 is 0 Å². The second-order valence-electron chi connectivity index (χ2n) is 9.50. The van der Waals surface area contributed by atoms with Crippen molar-refractivity contribution in [1.82, 2.24) is 24.8 Å². The molecule has 2 aromatic heterocycles. The van der Waals surface area contributed by atoms with Crippen LogP contribution in [-0.2, 0) is 4.79 Å². The SMILES string of the molecule is CN1CCN(c2cnc3c(C4CCN(C(=O)/C(N)=C/N(N)c5ccccc5)CC4)ncnc3c2)CC1. The van der Waals surface area contributed by atoms with Gasteiger partial charge in [-0.25, -0.2) is 15.8 Å².